The summed E-state index contributed by atoms with van der Waals surface area (Å²) < 4.78 is 35.9. The van der Waals surface area contributed by atoms with E-state index in [1.165, 1.54) is 6.42 Å². The summed E-state index contributed by atoms with van der Waals surface area (Å²) in [5.74, 6) is -0.0700. The summed E-state index contributed by atoms with van der Waals surface area (Å²) in [6.07, 6.45) is 14.7. The smallest absolute Gasteiger partial charge is 0.264 e. The molecule has 2 aromatic rings. The Morgan fingerprint density at radius 1 is 1.04 bits per heavy atom. The largest absolute Gasteiger partial charge is 0.497 e. The SMILES string of the molecule is C=C1/C=C\C(C(=O)NS(=O)(=O)CC(C)C)=C/CN2CC(c3c(C(=O)N4C[C@@H](C)N(C)[C@@H](C)C4)cnn3C(C)C)=Cc3cc(OC)ccc3/C2=C/1C1CCCCC1. The Hall–Kier alpha value is -4.42. The molecular weight excluding hydrogens is 725 g/mol. The summed E-state index contributed by atoms with van der Waals surface area (Å²) in [6.45, 7) is 18.6. The van der Waals surface area contributed by atoms with Gasteiger partial charge in [-0.2, -0.15) is 5.10 Å². The molecule has 56 heavy (non-hydrogen) atoms. The number of nitrogens with zero attached hydrogens (tertiary/aromatic N) is 5. The van der Waals surface area contributed by atoms with E-state index in [0.717, 1.165) is 64.9 Å². The third-order valence-electron chi connectivity index (χ3n) is 11.7. The minimum Gasteiger partial charge on any atom is -0.497 e. The second-order valence-corrected chi connectivity index (χ2v) is 18.5. The van der Waals surface area contributed by atoms with Gasteiger partial charge in [-0.25, -0.2) is 13.1 Å². The molecule has 0 radical (unpaired) electrons. The topological polar surface area (TPSA) is 117 Å². The molecule has 4 aliphatic rings. The number of ether oxygens (including phenoxy) is 1. The van der Waals surface area contributed by atoms with E-state index in [0.29, 0.717) is 37.5 Å². The fourth-order valence-corrected chi connectivity index (χ4v) is 10.0. The summed E-state index contributed by atoms with van der Waals surface area (Å²) >= 11 is 0. The van der Waals surface area contributed by atoms with Crippen LogP contribution in [0.5, 0.6) is 5.75 Å². The van der Waals surface area contributed by atoms with E-state index in [4.69, 9.17) is 9.84 Å². The number of allylic oxidation sites excluding steroid dienone is 3. The van der Waals surface area contributed by atoms with Gasteiger partial charge >= 0.3 is 0 Å². The maximum absolute atomic E-state index is 14.6. The summed E-state index contributed by atoms with van der Waals surface area (Å²) in [7, 11) is -0.0785. The number of methoxy groups -OCH3 is 1. The highest BCUT2D eigenvalue weighted by molar-refractivity contribution is 7.90. The fourth-order valence-electron chi connectivity index (χ4n) is 8.68. The van der Waals surface area contributed by atoms with Crippen LogP contribution in [0, 0.1) is 11.8 Å². The Morgan fingerprint density at radius 2 is 1.73 bits per heavy atom. The second-order valence-electron chi connectivity index (χ2n) is 16.7. The van der Waals surface area contributed by atoms with Crippen molar-refractivity contribution in [1.82, 2.24) is 29.2 Å². The monoisotopic (exact) mass is 784 g/mol. The van der Waals surface area contributed by atoms with E-state index in [9.17, 15) is 18.0 Å². The number of carbonyl (C=O) groups excluding carboxylic acids is 2. The van der Waals surface area contributed by atoms with Crippen LogP contribution < -0.4 is 9.46 Å². The summed E-state index contributed by atoms with van der Waals surface area (Å²) in [6, 6.07) is 6.50. The number of fused-ring (bicyclic) bond motifs is 3. The van der Waals surface area contributed by atoms with Crippen LogP contribution in [0.3, 0.4) is 0 Å². The minimum atomic E-state index is -3.85. The molecule has 1 aliphatic carbocycles. The maximum atomic E-state index is 14.6. The predicted octanol–water partition coefficient (Wildman–Crippen LogP) is 6.94. The number of carbonyl (C=O) groups is 2. The first kappa shape index (κ1) is 41.2. The molecule has 1 aromatic heterocycles. The van der Waals surface area contributed by atoms with Crippen molar-refractivity contribution in [2.45, 2.75) is 91.8 Å². The molecule has 1 saturated carbocycles. The Kier molecular flexibility index (Phi) is 12.5. The number of hydrogen-bond donors (Lipinski definition) is 1. The van der Waals surface area contributed by atoms with Gasteiger partial charge in [0.1, 0.15) is 5.75 Å². The van der Waals surface area contributed by atoms with Crippen LogP contribution in [-0.4, -0.2) is 103 Å². The Balaban J connectivity index is 1.54. The van der Waals surface area contributed by atoms with Crippen LogP contribution in [0.4, 0.5) is 0 Å². The standard InChI is InChI=1S/C44H60N6O5S/c1-28(2)27-56(53,54)46-43(51)34-16-15-30(5)40(33-13-11-10-12-14-33)42-38-18-17-37(55-9)22-35(38)21-36(26-48(42)20-19-34)41-39(23-45-50(41)29(3)4)44(52)49-24-31(6)47(8)32(7)25-49/h15-19,21-23,28-29,31-33H,5,10-14,20,24-27H2,1-4,6-9H3,(H,46,51)/b16-15-,34-19+,42-40+/t31-,32+. The average Bonchev–Trinajstić information content (AvgIpc) is 3.55. The van der Waals surface area contributed by atoms with Crippen LogP contribution in [0.2, 0.25) is 0 Å². The Labute approximate surface area is 333 Å². The van der Waals surface area contributed by atoms with Crippen LogP contribution >= 0.6 is 0 Å². The Morgan fingerprint density at radius 3 is 2.38 bits per heavy atom. The number of nitrogens with one attached hydrogen (secondary N) is 1. The van der Waals surface area contributed by atoms with E-state index in [-0.39, 0.29) is 47.2 Å². The molecule has 302 valence electrons. The van der Waals surface area contributed by atoms with Crippen molar-refractivity contribution in [1.29, 1.82) is 0 Å². The summed E-state index contributed by atoms with van der Waals surface area (Å²) in [5.41, 5.74) is 7.34. The third-order valence-corrected chi connectivity index (χ3v) is 13.3. The zero-order chi connectivity index (χ0) is 40.5. The first-order valence-electron chi connectivity index (χ1n) is 20.2. The molecule has 0 spiro atoms. The van der Waals surface area contributed by atoms with E-state index in [2.05, 4.69) is 68.0 Å². The first-order valence-corrected chi connectivity index (χ1v) is 21.8. The summed E-state index contributed by atoms with van der Waals surface area (Å²) in [5, 5.41) is 4.84. The number of sulfonamides is 1. The van der Waals surface area contributed by atoms with Gasteiger partial charge in [-0.3, -0.25) is 19.2 Å². The van der Waals surface area contributed by atoms with Crippen molar-refractivity contribution in [3.05, 3.63) is 88.3 Å². The predicted molar refractivity (Wildman–Crippen MR) is 224 cm³/mol. The van der Waals surface area contributed by atoms with Crippen molar-refractivity contribution >= 4 is 39.2 Å². The average molecular weight is 785 g/mol. The quantitative estimate of drug-likeness (QED) is 0.291. The molecule has 2 amide bonds. The zero-order valence-electron chi connectivity index (χ0n) is 34.5. The van der Waals surface area contributed by atoms with E-state index >= 15 is 0 Å². The lowest BCUT2D eigenvalue weighted by Gasteiger charge is -2.42. The van der Waals surface area contributed by atoms with Gasteiger partial charge in [-0.1, -0.05) is 51.8 Å². The number of piperazine rings is 1. The van der Waals surface area contributed by atoms with Crippen molar-refractivity contribution in [3.8, 4) is 5.75 Å². The molecule has 1 saturated heterocycles. The highest BCUT2D eigenvalue weighted by atomic mass is 32.2. The Bertz CT molecular complexity index is 2070. The van der Waals surface area contributed by atoms with Gasteiger partial charge in [-0.05, 0) is 112 Å². The molecule has 4 heterocycles. The van der Waals surface area contributed by atoms with Crippen LogP contribution in [0.25, 0.3) is 17.3 Å². The molecule has 0 unspecified atom stereocenters. The molecule has 1 aromatic carbocycles. The number of benzene rings is 1. The van der Waals surface area contributed by atoms with Crippen LogP contribution in [0.15, 0.2) is 65.9 Å². The lowest BCUT2D eigenvalue weighted by atomic mass is 9.78. The number of hydrogen-bond acceptors (Lipinski definition) is 8. The van der Waals surface area contributed by atoms with Crippen LogP contribution in [0.1, 0.15) is 107 Å². The molecule has 2 fully saturated rings. The molecule has 2 atom stereocenters. The summed E-state index contributed by atoms with van der Waals surface area (Å²) in [4.78, 5) is 34.9. The fraction of sp³-hybridized carbons (Fsp3) is 0.523. The lowest BCUT2D eigenvalue weighted by molar-refractivity contribution is -0.115. The minimum absolute atomic E-state index is 0.0406. The van der Waals surface area contributed by atoms with Gasteiger partial charge in [0.15, 0.2) is 0 Å². The number of rotatable bonds is 9. The van der Waals surface area contributed by atoms with E-state index < -0.39 is 15.9 Å². The van der Waals surface area contributed by atoms with Crippen molar-refractivity contribution in [2.24, 2.45) is 11.8 Å². The first-order chi connectivity index (χ1) is 26.6. The van der Waals surface area contributed by atoms with Crippen molar-refractivity contribution < 1.29 is 22.7 Å². The van der Waals surface area contributed by atoms with Gasteiger partial charge in [0.05, 0.1) is 30.3 Å². The van der Waals surface area contributed by atoms with E-state index in [1.54, 1.807) is 39.3 Å². The molecule has 1 N–H and O–H groups in total. The molecule has 11 nitrogen and oxygen atoms in total. The van der Waals surface area contributed by atoms with Gasteiger partial charge in [0, 0.05) is 61.1 Å². The molecule has 3 aliphatic heterocycles. The molecule has 12 heteroatoms. The van der Waals surface area contributed by atoms with E-state index in [1.807, 2.05) is 27.8 Å². The maximum Gasteiger partial charge on any atom is 0.264 e. The molecule has 6 rings (SSSR count). The van der Waals surface area contributed by atoms with Gasteiger partial charge < -0.3 is 14.5 Å². The van der Waals surface area contributed by atoms with Crippen molar-refractivity contribution in [2.75, 3.05) is 46.1 Å². The third kappa shape index (κ3) is 8.76. The van der Waals surface area contributed by atoms with Gasteiger partial charge in [0.2, 0.25) is 10.0 Å². The molecular formula is C44H60N6O5S. The number of amides is 2. The lowest BCUT2D eigenvalue weighted by Crippen LogP contribution is -2.56. The zero-order valence-corrected chi connectivity index (χ0v) is 35.3. The van der Waals surface area contributed by atoms with Crippen molar-refractivity contribution in [3.63, 3.8) is 0 Å². The van der Waals surface area contributed by atoms with Gasteiger partial charge in [0.25, 0.3) is 11.8 Å². The second kappa shape index (κ2) is 17.0. The van der Waals surface area contributed by atoms with Gasteiger partial charge in [-0.15, -0.1) is 0 Å². The molecule has 0 bridgehead atoms. The highest BCUT2D eigenvalue weighted by Gasteiger charge is 2.35. The van der Waals surface area contributed by atoms with Crippen LogP contribution in [-0.2, 0) is 14.8 Å². The normalized spacial score (nSPS) is 24.3. The highest BCUT2D eigenvalue weighted by Crippen LogP contribution is 2.44. The number of likely N-dealkylation sites (N-methyl/N-ethyl adjacent to an activating group) is 1. The number of aromatic nitrogens is 2.